The van der Waals surface area contributed by atoms with Crippen molar-refractivity contribution >= 4 is 23.0 Å². The van der Waals surface area contributed by atoms with E-state index < -0.39 is 0 Å². The Morgan fingerprint density at radius 1 is 1.15 bits per heavy atom. The molecule has 1 unspecified atom stereocenters. The standard InChI is InChI=1S/C26H25N5O2/c1-28-23-14-20(6-8-22(23)26(32)30-10-12-33-13-11-30)21-7-9-25-29-16-24(31(25)17-21)19-4-2-18(15-27)3-5-19/h2-9,14,17,24,28H,10-13,16H2,1H3. The molecule has 3 heterocycles. The van der Waals surface area contributed by atoms with E-state index in [9.17, 15) is 4.79 Å². The Kier molecular flexibility index (Phi) is 5.68. The van der Waals surface area contributed by atoms with E-state index in [4.69, 9.17) is 10.00 Å². The number of carbonyl (C=O) groups excluding carboxylic acids is 1. The molecule has 1 saturated heterocycles. The van der Waals surface area contributed by atoms with Crippen molar-refractivity contribution < 1.29 is 9.53 Å². The van der Waals surface area contributed by atoms with Crippen molar-refractivity contribution in [2.24, 2.45) is 4.99 Å². The van der Waals surface area contributed by atoms with Crippen LogP contribution in [0, 0.1) is 11.3 Å². The molecule has 7 nitrogen and oxygen atoms in total. The molecule has 0 aliphatic carbocycles. The molecule has 33 heavy (non-hydrogen) atoms. The molecule has 1 fully saturated rings. The van der Waals surface area contributed by atoms with E-state index >= 15 is 0 Å². The lowest BCUT2D eigenvalue weighted by molar-refractivity contribution is 0.0303. The van der Waals surface area contributed by atoms with Crippen LogP contribution in [0.15, 0.2) is 65.8 Å². The number of nitrogens with one attached hydrogen (secondary N) is 1. The highest BCUT2D eigenvalue weighted by Crippen LogP contribution is 2.34. The van der Waals surface area contributed by atoms with Gasteiger partial charge in [0, 0.05) is 32.0 Å². The molecule has 3 aliphatic rings. The fraction of sp³-hybridized carbons (Fsp3) is 0.269. The number of aliphatic imine (C=N–C) groups is 1. The van der Waals surface area contributed by atoms with Crippen LogP contribution in [-0.4, -0.2) is 61.4 Å². The number of morpholine rings is 1. The maximum Gasteiger partial charge on any atom is 0.256 e. The van der Waals surface area contributed by atoms with Crippen molar-refractivity contribution in [3.63, 3.8) is 0 Å². The number of allylic oxidation sites excluding steroid dienone is 2. The molecule has 2 aromatic rings. The first kappa shape index (κ1) is 21.0. The molecule has 0 saturated carbocycles. The topological polar surface area (TPSA) is 81.0 Å². The number of hydrogen-bond acceptors (Lipinski definition) is 6. The van der Waals surface area contributed by atoms with E-state index in [1.165, 1.54) is 0 Å². The summed E-state index contributed by atoms with van der Waals surface area (Å²) in [5, 5.41) is 12.3. The second kappa shape index (κ2) is 8.93. The van der Waals surface area contributed by atoms with Gasteiger partial charge < -0.3 is 19.9 Å². The van der Waals surface area contributed by atoms with Gasteiger partial charge in [0.05, 0.1) is 43.0 Å². The molecule has 2 aromatic carbocycles. The Balaban J connectivity index is 1.41. The fourth-order valence-electron chi connectivity index (χ4n) is 4.43. The molecule has 0 aromatic heterocycles. The van der Waals surface area contributed by atoms with Crippen molar-refractivity contribution in [3.8, 4) is 6.07 Å². The van der Waals surface area contributed by atoms with Gasteiger partial charge in [0.2, 0.25) is 0 Å². The first-order chi connectivity index (χ1) is 16.2. The summed E-state index contributed by atoms with van der Waals surface area (Å²) in [6.07, 6.45) is 6.21. The van der Waals surface area contributed by atoms with Crippen LogP contribution in [0.1, 0.15) is 33.1 Å². The number of anilines is 1. The summed E-state index contributed by atoms with van der Waals surface area (Å²) in [6.45, 7) is 3.06. The van der Waals surface area contributed by atoms with E-state index in [0.29, 0.717) is 44.0 Å². The number of benzene rings is 2. The second-order valence-corrected chi connectivity index (χ2v) is 8.19. The lowest BCUT2D eigenvalue weighted by atomic mass is 9.99. The van der Waals surface area contributed by atoms with E-state index in [1.807, 2.05) is 60.5 Å². The zero-order valence-electron chi connectivity index (χ0n) is 18.5. The molecule has 0 spiro atoms. The van der Waals surface area contributed by atoms with Crippen molar-refractivity contribution in [2.75, 3.05) is 45.2 Å². The minimum Gasteiger partial charge on any atom is -0.387 e. The lowest BCUT2D eigenvalue weighted by Gasteiger charge is -2.28. The molecule has 3 aliphatic heterocycles. The zero-order valence-corrected chi connectivity index (χ0v) is 18.5. The van der Waals surface area contributed by atoms with Gasteiger partial charge in [0.25, 0.3) is 5.91 Å². The van der Waals surface area contributed by atoms with Gasteiger partial charge in [-0.1, -0.05) is 18.2 Å². The number of carbonyl (C=O) groups is 1. The van der Waals surface area contributed by atoms with Crippen molar-refractivity contribution in [2.45, 2.75) is 6.04 Å². The van der Waals surface area contributed by atoms with Crippen LogP contribution in [-0.2, 0) is 4.74 Å². The first-order valence-electron chi connectivity index (χ1n) is 11.1. The van der Waals surface area contributed by atoms with Gasteiger partial charge in [0.1, 0.15) is 5.84 Å². The van der Waals surface area contributed by atoms with Gasteiger partial charge in [-0.05, 0) is 53.1 Å². The highest BCUT2D eigenvalue weighted by molar-refractivity contribution is 6.03. The summed E-state index contributed by atoms with van der Waals surface area (Å²) in [4.78, 5) is 21.7. The Hall–Kier alpha value is -3.89. The number of amides is 1. The monoisotopic (exact) mass is 439 g/mol. The highest BCUT2D eigenvalue weighted by atomic mass is 16.5. The highest BCUT2D eigenvalue weighted by Gasteiger charge is 2.29. The van der Waals surface area contributed by atoms with Crippen molar-refractivity contribution in [1.82, 2.24) is 9.80 Å². The smallest absolute Gasteiger partial charge is 0.256 e. The van der Waals surface area contributed by atoms with E-state index in [1.54, 1.807) is 0 Å². The molecular weight excluding hydrogens is 414 g/mol. The summed E-state index contributed by atoms with van der Waals surface area (Å²) in [5.74, 6) is 0.957. The maximum atomic E-state index is 13.0. The zero-order chi connectivity index (χ0) is 22.8. The van der Waals surface area contributed by atoms with Gasteiger partial charge in [-0.3, -0.25) is 9.79 Å². The van der Waals surface area contributed by atoms with Gasteiger partial charge in [-0.25, -0.2) is 0 Å². The minimum absolute atomic E-state index is 0.0252. The van der Waals surface area contributed by atoms with Gasteiger partial charge in [-0.15, -0.1) is 0 Å². The van der Waals surface area contributed by atoms with E-state index in [2.05, 4.69) is 33.6 Å². The van der Waals surface area contributed by atoms with E-state index in [-0.39, 0.29) is 11.9 Å². The quantitative estimate of drug-likeness (QED) is 0.789. The molecule has 5 rings (SSSR count). The molecule has 1 amide bonds. The Morgan fingerprint density at radius 3 is 2.67 bits per heavy atom. The van der Waals surface area contributed by atoms with Gasteiger partial charge >= 0.3 is 0 Å². The number of rotatable bonds is 4. The molecule has 1 atom stereocenters. The molecular formula is C26H25N5O2. The molecule has 0 radical (unpaired) electrons. The Labute approximate surface area is 193 Å². The van der Waals surface area contributed by atoms with Crippen LogP contribution in [0.25, 0.3) is 5.57 Å². The third-order valence-corrected chi connectivity index (χ3v) is 6.29. The SMILES string of the molecule is CNc1cc(C2=CN3C(=NCC3c3ccc(C#N)cc3)C=C2)ccc1C(=O)N1CCOCC1. The predicted molar refractivity (Wildman–Crippen MR) is 128 cm³/mol. The molecule has 0 bridgehead atoms. The molecule has 166 valence electrons. The van der Waals surface area contributed by atoms with Crippen LogP contribution >= 0.6 is 0 Å². The number of amidine groups is 1. The third-order valence-electron chi connectivity index (χ3n) is 6.29. The second-order valence-electron chi connectivity index (χ2n) is 8.19. The lowest BCUT2D eigenvalue weighted by Crippen LogP contribution is -2.40. The number of nitrogens with zero attached hydrogens (tertiary/aromatic N) is 4. The number of fused-ring (bicyclic) bond motifs is 1. The minimum atomic E-state index is 0.0252. The predicted octanol–water partition coefficient (Wildman–Crippen LogP) is 3.44. The van der Waals surface area contributed by atoms with Crippen LogP contribution < -0.4 is 5.32 Å². The summed E-state index contributed by atoms with van der Waals surface area (Å²) in [6, 6.07) is 15.9. The first-order valence-corrected chi connectivity index (χ1v) is 11.1. The molecule has 7 heteroatoms. The largest absolute Gasteiger partial charge is 0.387 e. The normalized spacial score (nSPS) is 19.5. The van der Waals surface area contributed by atoms with Crippen molar-refractivity contribution in [3.05, 3.63) is 83.1 Å². The summed E-state index contributed by atoms with van der Waals surface area (Å²) < 4.78 is 5.37. The van der Waals surface area contributed by atoms with Gasteiger partial charge in [-0.2, -0.15) is 5.26 Å². The number of hydrogen-bond donors (Lipinski definition) is 1. The van der Waals surface area contributed by atoms with Gasteiger partial charge in [0.15, 0.2) is 0 Å². The Bertz CT molecular complexity index is 1200. The summed E-state index contributed by atoms with van der Waals surface area (Å²) in [5.41, 5.74) is 5.33. The fourth-order valence-corrected chi connectivity index (χ4v) is 4.43. The van der Waals surface area contributed by atoms with Crippen LogP contribution in [0.3, 0.4) is 0 Å². The number of ether oxygens (including phenoxy) is 1. The maximum absolute atomic E-state index is 13.0. The summed E-state index contributed by atoms with van der Waals surface area (Å²) in [7, 11) is 1.84. The Morgan fingerprint density at radius 2 is 1.94 bits per heavy atom. The average Bonchev–Trinajstić information content (AvgIpc) is 3.31. The third kappa shape index (κ3) is 4.01. The van der Waals surface area contributed by atoms with E-state index in [0.717, 1.165) is 28.2 Å². The average molecular weight is 440 g/mol. The van der Waals surface area contributed by atoms with Crippen molar-refractivity contribution in [1.29, 1.82) is 5.26 Å². The van der Waals surface area contributed by atoms with Crippen LogP contribution in [0.4, 0.5) is 5.69 Å². The summed E-state index contributed by atoms with van der Waals surface area (Å²) >= 11 is 0. The number of nitriles is 1. The van der Waals surface area contributed by atoms with Crippen LogP contribution in [0.5, 0.6) is 0 Å². The molecule has 1 N–H and O–H groups in total. The van der Waals surface area contributed by atoms with Crippen LogP contribution in [0.2, 0.25) is 0 Å².